The van der Waals surface area contributed by atoms with Crippen molar-refractivity contribution in [3.05, 3.63) is 22.4 Å². The van der Waals surface area contributed by atoms with Gasteiger partial charge in [0.15, 0.2) is 6.04 Å². The highest BCUT2D eigenvalue weighted by molar-refractivity contribution is 7.09. The van der Waals surface area contributed by atoms with Gasteiger partial charge in [-0.2, -0.15) is 0 Å². The Bertz CT molecular complexity index is 375. The second-order valence-corrected chi connectivity index (χ2v) is 4.74. The molecule has 0 bridgehead atoms. The van der Waals surface area contributed by atoms with Crippen LogP contribution in [0.25, 0.3) is 0 Å². The van der Waals surface area contributed by atoms with Crippen molar-refractivity contribution in [1.82, 2.24) is 5.32 Å². The van der Waals surface area contributed by atoms with Gasteiger partial charge in [-0.3, -0.25) is 4.79 Å². The van der Waals surface area contributed by atoms with Gasteiger partial charge in [-0.25, -0.2) is 4.79 Å². The second-order valence-electron chi connectivity index (χ2n) is 3.70. The van der Waals surface area contributed by atoms with Gasteiger partial charge in [-0.1, -0.05) is 6.07 Å². The molecule has 1 rings (SSSR count). The van der Waals surface area contributed by atoms with Crippen molar-refractivity contribution < 1.29 is 19.8 Å². The fraction of sp³-hybridized carbons (Fsp3) is 0.455. The van der Waals surface area contributed by atoms with E-state index in [4.69, 9.17) is 5.11 Å². The number of carboxylic acids is 1. The number of rotatable bonds is 6. The van der Waals surface area contributed by atoms with Crippen LogP contribution in [0.5, 0.6) is 0 Å². The van der Waals surface area contributed by atoms with E-state index < -0.39 is 18.1 Å². The first kappa shape index (κ1) is 13.7. The predicted octanol–water partition coefficient (Wildman–Crippen LogP) is 0.631. The van der Waals surface area contributed by atoms with Crippen LogP contribution in [-0.4, -0.2) is 34.2 Å². The number of carbonyl (C=O) groups is 2. The van der Waals surface area contributed by atoms with Crippen LogP contribution in [0.4, 0.5) is 0 Å². The molecule has 0 aromatic carbocycles. The molecule has 0 radical (unpaired) electrons. The van der Waals surface area contributed by atoms with E-state index in [1.165, 1.54) is 6.92 Å². The van der Waals surface area contributed by atoms with Crippen LogP contribution in [0, 0.1) is 0 Å². The zero-order valence-electron chi connectivity index (χ0n) is 9.42. The first-order valence-electron chi connectivity index (χ1n) is 5.23. The maximum absolute atomic E-state index is 11.5. The molecule has 0 aliphatic heterocycles. The van der Waals surface area contributed by atoms with E-state index in [1.807, 2.05) is 17.5 Å². The molecule has 1 amide bonds. The summed E-state index contributed by atoms with van der Waals surface area (Å²) in [5.41, 5.74) is 0. The van der Waals surface area contributed by atoms with Crippen LogP contribution >= 0.6 is 11.3 Å². The number of aliphatic carboxylic acids is 1. The molecule has 17 heavy (non-hydrogen) atoms. The van der Waals surface area contributed by atoms with Crippen molar-refractivity contribution in [3.8, 4) is 0 Å². The lowest BCUT2D eigenvalue weighted by Crippen LogP contribution is -2.47. The lowest BCUT2D eigenvalue weighted by atomic mass is 10.1. The molecule has 3 N–H and O–H groups in total. The van der Waals surface area contributed by atoms with Gasteiger partial charge in [0.2, 0.25) is 5.91 Å². The van der Waals surface area contributed by atoms with Crippen molar-refractivity contribution >= 4 is 23.2 Å². The summed E-state index contributed by atoms with van der Waals surface area (Å²) >= 11 is 1.55. The molecule has 0 saturated carbocycles. The van der Waals surface area contributed by atoms with E-state index in [1.54, 1.807) is 11.3 Å². The minimum atomic E-state index is -1.24. The van der Waals surface area contributed by atoms with Crippen molar-refractivity contribution in [2.45, 2.75) is 31.9 Å². The standard InChI is InChI=1S/C11H15NO4S/c1-7(13)10(11(15)16)12-9(14)5-4-8-3-2-6-17-8/h2-3,6-7,10,13H,4-5H2,1H3,(H,12,14)(H,15,16). The van der Waals surface area contributed by atoms with Crippen molar-refractivity contribution in [2.75, 3.05) is 0 Å². The average Bonchev–Trinajstić information content (AvgIpc) is 2.74. The molecule has 0 aliphatic carbocycles. The minimum absolute atomic E-state index is 0.219. The second kappa shape index (κ2) is 6.36. The molecule has 6 heteroatoms. The van der Waals surface area contributed by atoms with Crippen LogP contribution in [0.3, 0.4) is 0 Å². The summed E-state index contributed by atoms with van der Waals surface area (Å²) in [5.74, 6) is -1.60. The Hall–Kier alpha value is -1.40. The van der Waals surface area contributed by atoms with Gasteiger partial charge in [-0.05, 0) is 24.8 Å². The monoisotopic (exact) mass is 257 g/mol. The number of aryl methyl sites for hydroxylation is 1. The molecule has 0 fully saturated rings. The quantitative estimate of drug-likeness (QED) is 0.697. The number of hydrogen-bond acceptors (Lipinski definition) is 4. The third-order valence-corrected chi connectivity index (χ3v) is 3.18. The zero-order chi connectivity index (χ0) is 12.8. The third kappa shape index (κ3) is 4.54. The largest absolute Gasteiger partial charge is 0.480 e. The highest BCUT2D eigenvalue weighted by atomic mass is 32.1. The number of carbonyl (C=O) groups excluding carboxylic acids is 1. The Morgan fingerprint density at radius 3 is 2.71 bits per heavy atom. The van der Waals surface area contributed by atoms with E-state index in [0.29, 0.717) is 6.42 Å². The van der Waals surface area contributed by atoms with Crippen molar-refractivity contribution in [3.63, 3.8) is 0 Å². The predicted molar refractivity (Wildman–Crippen MR) is 63.9 cm³/mol. The van der Waals surface area contributed by atoms with Gasteiger partial charge >= 0.3 is 5.97 Å². The fourth-order valence-corrected chi connectivity index (χ4v) is 2.03. The molecule has 0 spiro atoms. The maximum atomic E-state index is 11.5. The molecular weight excluding hydrogens is 242 g/mol. The van der Waals surface area contributed by atoms with E-state index in [-0.39, 0.29) is 12.3 Å². The van der Waals surface area contributed by atoms with Gasteiger partial charge in [0.25, 0.3) is 0 Å². The first-order valence-corrected chi connectivity index (χ1v) is 6.11. The number of amides is 1. The van der Waals surface area contributed by atoms with E-state index >= 15 is 0 Å². The third-order valence-electron chi connectivity index (χ3n) is 2.24. The van der Waals surface area contributed by atoms with Crippen LogP contribution in [-0.2, 0) is 16.0 Å². The topological polar surface area (TPSA) is 86.6 Å². The Morgan fingerprint density at radius 2 is 2.24 bits per heavy atom. The SMILES string of the molecule is CC(O)C(NC(=O)CCc1cccs1)C(=O)O. The molecule has 5 nitrogen and oxygen atoms in total. The summed E-state index contributed by atoms with van der Waals surface area (Å²) in [7, 11) is 0. The van der Waals surface area contributed by atoms with Crippen LogP contribution in [0.1, 0.15) is 18.2 Å². The number of aliphatic hydroxyl groups is 1. The van der Waals surface area contributed by atoms with Gasteiger partial charge in [-0.15, -0.1) is 11.3 Å². The Kier molecular flexibility index (Phi) is 5.11. The first-order chi connectivity index (χ1) is 8.00. The molecule has 1 heterocycles. The molecule has 0 aliphatic rings. The molecule has 0 saturated heterocycles. The van der Waals surface area contributed by atoms with Crippen molar-refractivity contribution in [1.29, 1.82) is 0 Å². The highest BCUT2D eigenvalue weighted by Gasteiger charge is 2.24. The normalized spacial score (nSPS) is 14.0. The van der Waals surface area contributed by atoms with E-state index in [0.717, 1.165) is 4.88 Å². The Labute approximate surface area is 103 Å². The molecule has 94 valence electrons. The number of thiophene rings is 1. The van der Waals surface area contributed by atoms with Gasteiger partial charge in [0.1, 0.15) is 0 Å². The zero-order valence-corrected chi connectivity index (χ0v) is 10.2. The number of carboxylic acid groups (broad SMARTS) is 1. The number of nitrogens with one attached hydrogen (secondary N) is 1. The maximum Gasteiger partial charge on any atom is 0.328 e. The van der Waals surface area contributed by atoms with Gasteiger partial charge < -0.3 is 15.5 Å². The van der Waals surface area contributed by atoms with Crippen molar-refractivity contribution in [2.24, 2.45) is 0 Å². The number of aliphatic hydroxyl groups excluding tert-OH is 1. The van der Waals surface area contributed by atoms with Gasteiger partial charge in [0.05, 0.1) is 6.10 Å². The fourth-order valence-electron chi connectivity index (χ4n) is 1.33. The highest BCUT2D eigenvalue weighted by Crippen LogP contribution is 2.10. The summed E-state index contributed by atoms with van der Waals surface area (Å²) < 4.78 is 0. The van der Waals surface area contributed by atoms with Crippen LogP contribution < -0.4 is 5.32 Å². The summed E-state index contributed by atoms with van der Waals surface area (Å²) in [6.45, 7) is 1.33. The van der Waals surface area contributed by atoms with E-state index in [2.05, 4.69) is 5.32 Å². The smallest absolute Gasteiger partial charge is 0.328 e. The average molecular weight is 257 g/mol. The van der Waals surface area contributed by atoms with E-state index in [9.17, 15) is 14.7 Å². The Morgan fingerprint density at radius 1 is 1.53 bits per heavy atom. The lowest BCUT2D eigenvalue weighted by Gasteiger charge is -2.16. The van der Waals surface area contributed by atoms with Crippen LogP contribution in [0.2, 0.25) is 0 Å². The molecular formula is C11H15NO4S. The summed E-state index contributed by atoms with van der Waals surface area (Å²) in [6.07, 6.45) is -0.315. The molecule has 2 atom stereocenters. The van der Waals surface area contributed by atoms with Crippen LogP contribution in [0.15, 0.2) is 17.5 Å². The molecule has 1 aromatic heterocycles. The Balaban J connectivity index is 2.40. The van der Waals surface area contributed by atoms with Gasteiger partial charge in [0, 0.05) is 11.3 Å². The summed E-state index contributed by atoms with van der Waals surface area (Å²) in [5, 5.41) is 22.2. The summed E-state index contributed by atoms with van der Waals surface area (Å²) in [4.78, 5) is 23.3. The number of hydrogen-bond donors (Lipinski definition) is 3. The molecule has 2 unspecified atom stereocenters. The summed E-state index contributed by atoms with van der Waals surface area (Å²) in [6, 6.07) is 2.57. The minimum Gasteiger partial charge on any atom is -0.480 e. The molecule has 1 aromatic rings. The lowest BCUT2D eigenvalue weighted by molar-refractivity contribution is -0.144.